The molecule has 2 fully saturated rings. The van der Waals surface area contributed by atoms with Crippen LogP contribution in [0.5, 0.6) is 0 Å². The maximum atomic E-state index is 12.0. The second kappa shape index (κ2) is 6.34. The van der Waals surface area contributed by atoms with Crippen LogP contribution < -0.4 is 5.32 Å². The van der Waals surface area contributed by atoms with Crippen molar-refractivity contribution in [2.75, 3.05) is 59.9 Å². The van der Waals surface area contributed by atoms with Crippen LogP contribution in [-0.4, -0.2) is 86.4 Å². The van der Waals surface area contributed by atoms with Gasteiger partial charge >= 0.3 is 0 Å². The van der Waals surface area contributed by atoms with Gasteiger partial charge in [0, 0.05) is 46.7 Å². The molecule has 0 aromatic carbocycles. The van der Waals surface area contributed by atoms with Crippen LogP contribution >= 0.6 is 0 Å². The van der Waals surface area contributed by atoms with Gasteiger partial charge in [0.2, 0.25) is 11.8 Å². The van der Waals surface area contributed by atoms with Gasteiger partial charge in [0.05, 0.1) is 6.54 Å². The third-order valence-corrected chi connectivity index (χ3v) is 3.91. The lowest BCUT2D eigenvalue weighted by Gasteiger charge is -2.36. The number of hydrogen-bond donors (Lipinski definition) is 1. The highest BCUT2D eigenvalue weighted by atomic mass is 16.2. The van der Waals surface area contributed by atoms with Gasteiger partial charge in [-0.2, -0.15) is 0 Å². The summed E-state index contributed by atoms with van der Waals surface area (Å²) >= 11 is 0. The van der Waals surface area contributed by atoms with E-state index in [9.17, 15) is 9.59 Å². The van der Waals surface area contributed by atoms with Crippen molar-refractivity contribution >= 4 is 11.8 Å². The SMILES string of the molecule is CN(C)C(=O)CN1CCN(C(=O)CC2CNC2)CC1. The quantitative estimate of drug-likeness (QED) is 0.698. The molecule has 0 atom stereocenters. The smallest absolute Gasteiger partial charge is 0.236 e. The fraction of sp³-hybridized carbons (Fsp3) is 0.846. The summed E-state index contributed by atoms with van der Waals surface area (Å²) in [7, 11) is 3.55. The van der Waals surface area contributed by atoms with Crippen molar-refractivity contribution in [3.8, 4) is 0 Å². The van der Waals surface area contributed by atoms with Crippen molar-refractivity contribution in [2.24, 2.45) is 5.92 Å². The summed E-state index contributed by atoms with van der Waals surface area (Å²) in [6.45, 7) is 5.51. The molecule has 2 aliphatic heterocycles. The van der Waals surface area contributed by atoms with Gasteiger partial charge in [-0.3, -0.25) is 14.5 Å². The molecule has 2 heterocycles. The average Bonchev–Trinajstić information content (AvgIpc) is 2.34. The minimum absolute atomic E-state index is 0.125. The molecule has 2 rings (SSSR count). The van der Waals surface area contributed by atoms with E-state index in [1.807, 2.05) is 4.90 Å². The standard InChI is InChI=1S/C13H24N4O2/c1-15(2)13(19)10-16-3-5-17(6-4-16)12(18)7-11-8-14-9-11/h11,14H,3-10H2,1-2H3. The molecule has 0 aliphatic carbocycles. The molecule has 0 spiro atoms. The Kier molecular flexibility index (Phi) is 4.76. The Balaban J connectivity index is 1.69. The minimum atomic E-state index is 0.125. The van der Waals surface area contributed by atoms with Crippen LogP contribution in [0.25, 0.3) is 0 Å². The largest absolute Gasteiger partial charge is 0.348 e. The van der Waals surface area contributed by atoms with Gasteiger partial charge in [-0.05, 0) is 19.0 Å². The molecule has 2 saturated heterocycles. The first-order valence-corrected chi connectivity index (χ1v) is 6.97. The predicted octanol–water partition coefficient (Wildman–Crippen LogP) is -1.17. The zero-order valence-corrected chi connectivity index (χ0v) is 11.9. The summed E-state index contributed by atoms with van der Waals surface area (Å²) in [6, 6.07) is 0. The van der Waals surface area contributed by atoms with E-state index in [0.717, 1.165) is 39.3 Å². The molecule has 0 unspecified atom stereocenters. The van der Waals surface area contributed by atoms with Crippen LogP contribution in [0, 0.1) is 5.92 Å². The monoisotopic (exact) mass is 268 g/mol. The molecule has 6 heteroatoms. The van der Waals surface area contributed by atoms with E-state index in [-0.39, 0.29) is 11.8 Å². The Labute approximate surface area is 114 Å². The maximum absolute atomic E-state index is 12.0. The Hall–Kier alpha value is -1.14. The molecule has 19 heavy (non-hydrogen) atoms. The minimum Gasteiger partial charge on any atom is -0.348 e. The lowest BCUT2D eigenvalue weighted by molar-refractivity contribution is -0.135. The van der Waals surface area contributed by atoms with E-state index in [1.165, 1.54) is 0 Å². The summed E-state index contributed by atoms with van der Waals surface area (Å²) in [6.07, 6.45) is 0.670. The van der Waals surface area contributed by atoms with Crippen molar-refractivity contribution in [2.45, 2.75) is 6.42 Å². The topological polar surface area (TPSA) is 55.9 Å². The summed E-state index contributed by atoms with van der Waals surface area (Å²) in [4.78, 5) is 29.3. The molecule has 6 nitrogen and oxygen atoms in total. The maximum Gasteiger partial charge on any atom is 0.236 e. The number of rotatable bonds is 4. The highest BCUT2D eigenvalue weighted by Gasteiger charge is 2.26. The van der Waals surface area contributed by atoms with Crippen molar-refractivity contribution in [3.63, 3.8) is 0 Å². The molecule has 0 radical (unpaired) electrons. The Bertz CT molecular complexity index is 334. The zero-order valence-electron chi connectivity index (χ0n) is 11.9. The molecule has 2 aliphatic rings. The second-order valence-electron chi connectivity index (χ2n) is 5.67. The molecule has 108 valence electrons. The lowest BCUT2D eigenvalue weighted by Crippen LogP contribution is -2.52. The zero-order chi connectivity index (χ0) is 13.8. The molecular formula is C13H24N4O2. The van der Waals surface area contributed by atoms with Gasteiger partial charge in [-0.25, -0.2) is 0 Å². The first-order chi connectivity index (χ1) is 9.06. The highest BCUT2D eigenvalue weighted by Crippen LogP contribution is 2.12. The summed E-state index contributed by atoms with van der Waals surface area (Å²) in [5.41, 5.74) is 0. The van der Waals surface area contributed by atoms with E-state index >= 15 is 0 Å². The van der Waals surface area contributed by atoms with Gasteiger partial charge in [0.15, 0.2) is 0 Å². The number of nitrogens with zero attached hydrogens (tertiary/aromatic N) is 3. The molecule has 2 amide bonds. The fourth-order valence-corrected chi connectivity index (χ4v) is 2.36. The third kappa shape index (κ3) is 3.91. The number of piperazine rings is 1. The van der Waals surface area contributed by atoms with Crippen LogP contribution in [0.1, 0.15) is 6.42 Å². The van der Waals surface area contributed by atoms with E-state index in [0.29, 0.717) is 18.9 Å². The van der Waals surface area contributed by atoms with Crippen LogP contribution in [0.15, 0.2) is 0 Å². The van der Waals surface area contributed by atoms with E-state index in [2.05, 4.69) is 10.2 Å². The van der Waals surface area contributed by atoms with Gasteiger partial charge in [0.25, 0.3) is 0 Å². The molecule has 0 aromatic heterocycles. The third-order valence-electron chi connectivity index (χ3n) is 3.91. The number of nitrogens with one attached hydrogen (secondary N) is 1. The van der Waals surface area contributed by atoms with Gasteiger partial charge in [-0.15, -0.1) is 0 Å². The first-order valence-electron chi connectivity index (χ1n) is 6.97. The lowest BCUT2D eigenvalue weighted by atomic mass is 9.98. The van der Waals surface area contributed by atoms with Crippen molar-refractivity contribution in [1.29, 1.82) is 0 Å². The van der Waals surface area contributed by atoms with E-state index in [1.54, 1.807) is 19.0 Å². The number of carbonyl (C=O) groups excluding carboxylic acids is 2. The van der Waals surface area contributed by atoms with Crippen molar-refractivity contribution in [1.82, 2.24) is 20.0 Å². The average molecular weight is 268 g/mol. The number of carbonyl (C=O) groups is 2. The Morgan fingerprint density at radius 2 is 1.79 bits per heavy atom. The summed E-state index contributed by atoms with van der Waals surface area (Å²) in [5, 5.41) is 3.19. The fourth-order valence-electron chi connectivity index (χ4n) is 2.36. The van der Waals surface area contributed by atoms with Crippen LogP contribution in [0.2, 0.25) is 0 Å². The number of hydrogen-bond acceptors (Lipinski definition) is 4. The summed E-state index contributed by atoms with van der Waals surface area (Å²) in [5.74, 6) is 0.922. The molecule has 0 bridgehead atoms. The van der Waals surface area contributed by atoms with E-state index < -0.39 is 0 Å². The molecular weight excluding hydrogens is 244 g/mol. The normalized spacial score (nSPS) is 21.1. The van der Waals surface area contributed by atoms with Crippen LogP contribution in [0.3, 0.4) is 0 Å². The molecule has 1 N–H and O–H groups in total. The first kappa shape index (κ1) is 14.3. The predicted molar refractivity (Wildman–Crippen MR) is 72.7 cm³/mol. The molecule has 0 saturated carbocycles. The van der Waals surface area contributed by atoms with Gasteiger partial charge in [-0.1, -0.05) is 0 Å². The van der Waals surface area contributed by atoms with Crippen molar-refractivity contribution < 1.29 is 9.59 Å². The molecule has 0 aromatic rings. The van der Waals surface area contributed by atoms with Crippen molar-refractivity contribution in [3.05, 3.63) is 0 Å². The number of likely N-dealkylation sites (N-methyl/N-ethyl adjacent to an activating group) is 1. The summed E-state index contributed by atoms with van der Waals surface area (Å²) < 4.78 is 0. The highest BCUT2D eigenvalue weighted by molar-refractivity contribution is 5.78. The Morgan fingerprint density at radius 1 is 1.16 bits per heavy atom. The van der Waals surface area contributed by atoms with Crippen LogP contribution in [0.4, 0.5) is 0 Å². The second-order valence-corrected chi connectivity index (χ2v) is 5.67. The van der Waals surface area contributed by atoms with E-state index in [4.69, 9.17) is 0 Å². The van der Waals surface area contributed by atoms with Gasteiger partial charge in [0.1, 0.15) is 0 Å². The Morgan fingerprint density at radius 3 is 2.26 bits per heavy atom. The van der Waals surface area contributed by atoms with Gasteiger partial charge < -0.3 is 15.1 Å². The van der Waals surface area contributed by atoms with Crippen LogP contribution in [-0.2, 0) is 9.59 Å². The number of amides is 2.